The maximum absolute atomic E-state index is 12.7. The molecule has 1 atom stereocenters. The summed E-state index contributed by atoms with van der Waals surface area (Å²) in [5.74, 6) is -0.000498. The quantitative estimate of drug-likeness (QED) is 0.547. The summed E-state index contributed by atoms with van der Waals surface area (Å²) < 4.78 is 2.03. The van der Waals surface area contributed by atoms with Gasteiger partial charge in [-0.25, -0.2) is 0 Å². The summed E-state index contributed by atoms with van der Waals surface area (Å²) in [4.78, 5) is 16.3. The molecule has 0 fully saturated rings. The largest absolute Gasteiger partial charge is 0.358 e. The minimum Gasteiger partial charge on any atom is -0.358 e. The fourth-order valence-corrected chi connectivity index (χ4v) is 4.23. The van der Waals surface area contributed by atoms with Crippen LogP contribution in [0.1, 0.15) is 33.6 Å². The Hall–Kier alpha value is -3.27. The van der Waals surface area contributed by atoms with Crippen molar-refractivity contribution in [2.45, 2.75) is 32.2 Å². The lowest BCUT2D eigenvalue weighted by Crippen LogP contribution is -2.38. The predicted octanol–water partition coefficient (Wildman–Crippen LogP) is 4.55. The van der Waals surface area contributed by atoms with E-state index in [0.29, 0.717) is 5.56 Å². The number of hydrogen-bond acceptors (Lipinski definition) is 1. The molecule has 2 heterocycles. The molecule has 0 aliphatic heterocycles. The molecule has 1 aliphatic rings. The zero-order chi connectivity index (χ0) is 19.1. The molecule has 1 aliphatic carbocycles. The third-order valence-electron chi connectivity index (χ3n) is 5.71. The Kier molecular flexibility index (Phi) is 4.05. The molecular formula is C24H23N3O. The second-order valence-electron chi connectivity index (χ2n) is 7.68. The van der Waals surface area contributed by atoms with Crippen LogP contribution in [-0.4, -0.2) is 21.5 Å². The Morgan fingerprint density at radius 2 is 1.89 bits per heavy atom. The van der Waals surface area contributed by atoms with Gasteiger partial charge in [0.15, 0.2) is 0 Å². The van der Waals surface area contributed by atoms with Crippen molar-refractivity contribution in [2.24, 2.45) is 0 Å². The van der Waals surface area contributed by atoms with Gasteiger partial charge in [-0.2, -0.15) is 0 Å². The van der Waals surface area contributed by atoms with E-state index in [9.17, 15) is 4.79 Å². The smallest absolute Gasteiger partial charge is 0.251 e. The third-order valence-corrected chi connectivity index (χ3v) is 5.71. The Morgan fingerprint density at radius 1 is 1.11 bits per heavy atom. The highest BCUT2D eigenvalue weighted by Crippen LogP contribution is 2.30. The second kappa shape index (κ2) is 6.71. The van der Waals surface area contributed by atoms with Crippen LogP contribution in [0.2, 0.25) is 0 Å². The van der Waals surface area contributed by atoms with Gasteiger partial charge in [0.2, 0.25) is 0 Å². The maximum atomic E-state index is 12.7. The summed E-state index contributed by atoms with van der Waals surface area (Å²) in [5.41, 5.74) is 6.92. The van der Waals surface area contributed by atoms with Gasteiger partial charge in [0.05, 0.1) is 0 Å². The lowest BCUT2D eigenvalue weighted by molar-refractivity contribution is 0.0933. The van der Waals surface area contributed by atoms with E-state index in [2.05, 4.69) is 35.4 Å². The number of fused-ring (bicyclic) bond motifs is 3. The van der Waals surface area contributed by atoms with E-state index in [1.165, 1.54) is 27.7 Å². The molecule has 2 aromatic heterocycles. The first-order valence-electron chi connectivity index (χ1n) is 9.82. The molecule has 5 rings (SSSR count). The summed E-state index contributed by atoms with van der Waals surface area (Å²) in [7, 11) is 0. The highest BCUT2D eigenvalue weighted by atomic mass is 16.1. The average molecular weight is 369 g/mol. The number of aryl methyl sites for hydroxylation is 2. The van der Waals surface area contributed by atoms with Crippen molar-refractivity contribution < 1.29 is 4.79 Å². The number of benzene rings is 2. The number of H-pyrrole nitrogens is 1. The highest BCUT2D eigenvalue weighted by molar-refractivity contribution is 5.94. The monoisotopic (exact) mass is 369 g/mol. The van der Waals surface area contributed by atoms with Gasteiger partial charge in [-0.15, -0.1) is 0 Å². The molecule has 2 N–H and O–H groups in total. The molecule has 140 valence electrons. The maximum Gasteiger partial charge on any atom is 0.251 e. The normalized spacial score (nSPS) is 16.1. The molecule has 4 nitrogen and oxygen atoms in total. The Balaban J connectivity index is 1.30. The first-order chi connectivity index (χ1) is 13.7. The predicted molar refractivity (Wildman–Crippen MR) is 112 cm³/mol. The van der Waals surface area contributed by atoms with Gasteiger partial charge >= 0.3 is 0 Å². The van der Waals surface area contributed by atoms with Crippen molar-refractivity contribution in [1.29, 1.82) is 0 Å². The zero-order valence-electron chi connectivity index (χ0n) is 15.9. The summed E-state index contributed by atoms with van der Waals surface area (Å²) >= 11 is 0. The van der Waals surface area contributed by atoms with Gasteiger partial charge < -0.3 is 14.9 Å². The number of amides is 1. The standard InChI is InChI=1S/C24H23N3O/c1-16-4-11-22-21(14-16)20-10-7-18(15-23(20)26-22)25-24(28)17-5-8-19(9-6-17)27-12-2-3-13-27/h2-6,8-9,11-14,18,26H,7,10,15H2,1H3,(H,25,28). The van der Waals surface area contributed by atoms with E-state index in [4.69, 9.17) is 0 Å². The van der Waals surface area contributed by atoms with Crippen molar-refractivity contribution in [3.05, 3.63) is 89.4 Å². The fraction of sp³-hybridized carbons (Fsp3) is 0.208. The van der Waals surface area contributed by atoms with Crippen LogP contribution in [-0.2, 0) is 12.8 Å². The Morgan fingerprint density at radius 3 is 2.68 bits per heavy atom. The summed E-state index contributed by atoms with van der Waals surface area (Å²) in [6.45, 7) is 2.13. The van der Waals surface area contributed by atoms with Crippen molar-refractivity contribution >= 4 is 16.8 Å². The number of hydrogen-bond donors (Lipinski definition) is 2. The minimum absolute atomic E-state index is 0.000498. The zero-order valence-corrected chi connectivity index (χ0v) is 15.9. The Labute approximate surface area is 164 Å². The second-order valence-corrected chi connectivity index (χ2v) is 7.68. The van der Waals surface area contributed by atoms with Gasteiger partial charge in [-0.3, -0.25) is 4.79 Å². The SMILES string of the molecule is Cc1ccc2[nH]c3c(c2c1)CCC(NC(=O)c1ccc(-n2cccc2)cc1)C3. The topological polar surface area (TPSA) is 49.8 Å². The number of nitrogens with zero attached hydrogens (tertiary/aromatic N) is 1. The number of aromatic nitrogens is 2. The van der Waals surface area contributed by atoms with Gasteiger partial charge in [-0.1, -0.05) is 11.6 Å². The van der Waals surface area contributed by atoms with Crippen molar-refractivity contribution in [2.75, 3.05) is 0 Å². The molecule has 1 unspecified atom stereocenters. The first-order valence-corrected chi connectivity index (χ1v) is 9.82. The number of nitrogens with one attached hydrogen (secondary N) is 2. The molecule has 0 saturated heterocycles. The van der Waals surface area contributed by atoms with Crippen LogP contribution in [0.3, 0.4) is 0 Å². The highest BCUT2D eigenvalue weighted by Gasteiger charge is 2.24. The van der Waals surface area contributed by atoms with Gasteiger partial charge in [0.25, 0.3) is 5.91 Å². The van der Waals surface area contributed by atoms with Crippen LogP contribution >= 0.6 is 0 Å². The average Bonchev–Trinajstić information content (AvgIpc) is 3.35. The van der Waals surface area contributed by atoms with E-state index in [1.807, 2.05) is 53.4 Å². The molecule has 0 radical (unpaired) electrons. The lowest BCUT2D eigenvalue weighted by Gasteiger charge is -2.23. The van der Waals surface area contributed by atoms with Crippen LogP contribution in [0.5, 0.6) is 0 Å². The van der Waals surface area contributed by atoms with E-state index in [1.54, 1.807) is 0 Å². The number of carbonyl (C=O) groups excluding carboxylic acids is 1. The minimum atomic E-state index is -0.000498. The fourth-order valence-electron chi connectivity index (χ4n) is 4.23. The van der Waals surface area contributed by atoms with Crippen LogP contribution < -0.4 is 5.32 Å². The summed E-state index contributed by atoms with van der Waals surface area (Å²) in [6.07, 6.45) is 6.82. The van der Waals surface area contributed by atoms with Crippen LogP contribution in [0.4, 0.5) is 0 Å². The van der Waals surface area contributed by atoms with E-state index >= 15 is 0 Å². The molecule has 2 aromatic carbocycles. The van der Waals surface area contributed by atoms with Crippen molar-refractivity contribution in [3.8, 4) is 5.69 Å². The van der Waals surface area contributed by atoms with Crippen LogP contribution in [0.25, 0.3) is 16.6 Å². The number of aromatic amines is 1. The van der Waals surface area contributed by atoms with Crippen molar-refractivity contribution in [3.63, 3.8) is 0 Å². The van der Waals surface area contributed by atoms with Gasteiger partial charge in [-0.05, 0) is 73.9 Å². The molecule has 1 amide bonds. The molecule has 0 spiro atoms. The molecule has 4 aromatic rings. The number of carbonyl (C=O) groups is 1. The molecule has 28 heavy (non-hydrogen) atoms. The van der Waals surface area contributed by atoms with E-state index in [-0.39, 0.29) is 11.9 Å². The van der Waals surface area contributed by atoms with Crippen LogP contribution in [0.15, 0.2) is 67.0 Å². The number of rotatable bonds is 3. The lowest BCUT2D eigenvalue weighted by atomic mass is 9.91. The first kappa shape index (κ1) is 16.9. The van der Waals surface area contributed by atoms with Crippen molar-refractivity contribution in [1.82, 2.24) is 14.9 Å². The van der Waals surface area contributed by atoms with Gasteiger partial charge in [0, 0.05) is 52.7 Å². The Bertz CT molecular complexity index is 1140. The molecule has 0 saturated carbocycles. The summed E-state index contributed by atoms with van der Waals surface area (Å²) in [5, 5.41) is 4.55. The van der Waals surface area contributed by atoms with Gasteiger partial charge in [0.1, 0.15) is 0 Å². The van der Waals surface area contributed by atoms with E-state index in [0.717, 1.165) is 24.9 Å². The van der Waals surface area contributed by atoms with E-state index < -0.39 is 0 Å². The van der Waals surface area contributed by atoms with Crippen LogP contribution in [0, 0.1) is 6.92 Å². The molecule has 4 heteroatoms. The molecule has 0 bridgehead atoms. The third kappa shape index (κ3) is 3.01. The molecular weight excluding hydrogens is 346 g/mol. The summed E-state index contributed by atoms with van der Waals surface area (Å²) in [6, 6.07) is 18.4.